The van der Waals surface area contributed by atoms with Crippen LogP contribution in [0.25, 0.3) is 0 Å². The lowest BCUT2D eigenvalue weighted by Crippen LogP contribution is -2.48. The van der Waals surface area contributed by atoms with Crippen molar-refractivity contribution in [3.8, 4) is 0 Å². The average Bonchev–Trinajstić information content (AvgIpc) is 2.60. The van der Waals surface area contributed by atoms with Crippen LogP contribution in [0.5, 0.6) is 0 Å². The lowest BCUT2D eigenvalue weighted by atomic mass is 10.0. The smallest absolute Gasteiger partial charge is 0.251 e. The number of piperidine rings is 1. The van der Waals surface area contributed by atoms with E-state index in [1.54, 1.807) is 24.3 Å². The molecule has 0 bridgehead atoms. The third kappa shape index (κ3) is 5.09. The highest BCUT2D eigenvalue weighted by atomic mass is 16.2. The Morgan fingerprint density at radius 1 is 1.13 bits per heavy atom. The summed E-state index contributed by atoms with van der Waals surface area (Å²) >= 11 is 0. The van der Waals surface area contributed by atoms with E-state index in [1.165, 1.54) is 0 Å². The zero-order valence-electron chi connectivity index (χ0n) is 13.4. The van der Waals surface area contributed by atoms with Crippen molar-refractivity contribution in [2.75, 3.05) is 19.6 Å². The van der Waals surface area contributed by atoms with Gasteiger partial charge in [0.25, 0.3) is 5.91 Å². The predicted octanol–water partition coefficient (Wildman–Crippen LogP) is 0.934. The van der Waals surface area contributed by atoms with E-state index in [0.29, 0.717) is 25.1 Å². The molecule has 6 nitrogen and oxygen atoms in total. The highest BCUT2D eigenvalue weighted by molar-refractivity contribution is 5.96. The number of nitrogens with one attached hydrogen (secondary N) is 2. The van der Waals surface area contributed by atoms with Crippen LogP contribution in [0.3, 0.4) is 0 Å². The van der Waals surface area contributed by atoms with Gasteiger partial charge in [-0.1, -0.05) is 25.1 Å². The van der Waals surface area contributed by atoms with Gasteiger partial charge in [-0.05, 0) is 25.0 Å². The normalized spacial score (nSPS) is 15.1. The second-order valence-electron chi connectivity index (χ2n) is 5.62. The number of likely N-dealkylation sites (tertiary alicyclic amines) is 1. The zero-order chi connectivity index (χ0) is 16.7. The Kier molecular flexibility index (Phi) is 6.14. The molecule has 0 unspecified atom stereocenters. The highest BCUT2D eigenvalue weighted by Gasteiger charge is 2.22. The molecule has 6 heteroatoms. The third-order valence-electron chi connectivity index (χ3n) is 3.96. The van der Waals surface area contributed by atoms with Gasteiger partial charge >= 0.3 is 0 Å². The van der Waals surface area contributed by atoms with Crippen molar-refractivity contribution < 1.29 is 14.4 Å². The number of benzene rings is 1. The summed E-state index contributed by atoms with van der Waals surface area (Å²) in [4.78, 5) is 37.2. The molecule has 1 saturated heterocycles. The largest absolute Gasteiger partial charge is 0.352 e. The Bertz CT molecular complexity index is 551. The Labute approximate surface area is 136 Å². The summed E-state index contributed by atoms with van der Waals surface area (Å²) in [6.45, 7) is 3.16. The highest BCUT2D eigenvalue weighted by Crippen LogP contribution is 2.11. The summed E-state index contributed by atoms with van der Waals surface area (Å²) in [5.74, 6) is -0.302. The van der Waals surface area contributed by atoms with Gasteiger partial charge < -0.3 is 15.5 Å². The first-order valence-corrected chi connectivity index (χ1v) is 8.00. The van der Waals surface area contributed by atoms with Gasteiger partial charge in [0.15, 0.2) is 0 Å². The van der Waals surface area contributed by atoms with Gasteiger partial charge in [0.05, 0.1) is 6.54 Å². The van der Waals surface area contributed by atoms with Gasteiger partial charge in [-0.15, -0.1) is 0 Å². The Hall–Kier alpha value is -2.37. The third-order valence-corrected chi connectivity index (χ3v) is 3.96. The van der Waals surface area contributed by atoms with Gasteiger partial charge in [0.1, 0.15) is 0 Å². The Morgan fingerprint density at radius 3 is 2.39 bits per heavy atom. The van der Waals surface area contributed by atoms with Crippen LogP contribution in [0.1, 0.15) is 36.5 Å². The van der Waals surface area contributed by atoms with Crippen LogP contribution in [0, 0.1) is 0 Å². The van der Waals surface area contributed by atoms with Gasteiger partial charge in [-0.25, -0.2) is 0 Å². The van der Waals surface area contributed by atoms with E-state index < -0.39 is 0 Å². The van der Waals surface area contributed by atoms with Crippen molar-refractivity contribution in [3.63, 3.8) is 0 Å². The maximum Gasteiger partial charge on any atom is 0.251 e. The van der Waals surface area contributed by atoms with Crippen molar-refractivity contribution in [2.24, 2.45) is 0 Å². The molecule has 23 heavy (non-hydrogen) atoms. The fraction of sp³-hybridized carbons (Fsp3) is 0.471. The minimum absolute atomic E-state index is 0.0398. The van der Waals surface area contributed by atoms with Crippen LogP contribution in [0.4, 0.5) is 0 Å². The van der Waals surface area contributed by atoms with Crippen LogP contribution in [-0.4, -0.2) is 48.3 Å². The second kappa shape index (κ2) is 8.31. The van der Waals surface area contributed by atoms with E-state index in [1.807, 2.05) is 17.9 Å². The monoisotopic (exact) mass is 317 g/mol. The topological polar surface area (TPSA) is 78.5 Å². The summed E-state index contributed by atoms with van der Waals surface area (Å²) < 4.78 is 0. The molecule has 0 saturated carbocycles. The molecule has 0 atom stereocenters. The molecule has 2 N–H and O–H groups in total. The summed E-state index contributed by atoms with van der Waals surface area (Å²) in [5, 5.41) is 5.52. The first-order valence-electron chi connectivity index (χ1n) is 8.00. The van der Waals surface area contributed by atoms with E-state index in [2.05, 4.69) is 10.6 Å². The summed E-state index contributed by atoms with van der Waals surface area (Å²) in [7, 11) is 0. The molecule has 3 amide bonds. The van der Waals surface area contributed by atoms with Crippen LogP contribution < -0.4 is 10.6 Å². The Balaban J connectivity index is 1.70. The van der Waals surface area contributed by atoms with E-state index in [9.17, 15) is 14.4 Å². The fourth-order valence-corrected chi connectivity index (χ4v) is 2.63. The molecular formula is C17H23N3O3. The molecule has 0 spiro atoms. The van der Waals surface area contributed by atoms with Crippen molar-refractivity contribution in [3.05, 3.63) is 35.9 Å². The number of hydrogen-bond acceptors (Lipinski definition) is 3. The zero-order valence-corrected chi connectivity index (χ0v) is 13.4. The van der Waals surface area contributed by atoms with E-state index in [-0.39, 0.29) is 30.3 Å². The van der Waals surface area contributed by atoms with Gasteiger partial charge in [0.2, 0.25) is 11.8 Å². The molecule has 1 aliphatic heterocycles. The first-order chi connectivity index (χ1) is 11.1. The van der Waals surface area contributed by atoms with Crippen LogP contribution in [0.2, 0.25) is 0 Å². The lowest BCUT2D eigenvalue weighted by molar-refractivity contribution is -0.132. The lowest BCUT2D eigenvalue weighted by Gasteiger charge is -2.32. The molecule has 1 heterocycles. The van der Waals surface area contributed by atoms with E-state index in [4.69, 9.17) is 0 Å². The SMILES string of the molecule is CCC(=O)N1CCC(NC(=O)CNC(=O)c2ccccc2)CC1. The summed E-state index contributed by atoms with van der Waals surface area (Å²) in [6.07, 6.45) is 2.02. The van der Waals surface area contributed by atoms with E-state index >= 15 is 0 Å². The number of amides is 3. The molecular weight excluding hydrogens is 294 g/mol. The van der Waals surface area contributed by atoms with Crippen LogP contribution >= 0.6 is 0 Å². The minimum atomic E-state index is -0.260. The predicted molar refractivity (Wildman–Crippen MR) is 86.8 cm³/mol. The molecule has 0 radical (unpaired) electrons. The fourth-order valence-electron chi connectivity index (χ4n) is 2.63. The summed E-state index contributed by atoms with van der Waals surface area (Å²) in [6, 6.07) is 8.86. The van der Waals surface area contributed by atoms with Crippen molar-refractivity contribution in [1.82, 2.24) is 15.5 Å². The van der Waals surface area contributed by atoms with Crippen molar-refractivity contribution in [2.45, 2.75) is 32.2 Å². The molecule has 2 rings (SSSR count). The molecule has 124 valence electrons. The second-order valence-corrected chi connectivity index (χ2v) is 5.62. The molecule has 1 fully saturated rings. The average molecular weight is 317 g/mol. The quantitative estimate of drug-likeness (QED) is 0.848. The molecule has 1 aromatic rings. The standard InChI is InChI=1S/C17H23N3O3/c1-2-16(22)20-10-8-14(9-11-20)19-15(21)12-18-17(23)13-6-4-3-5-7-13/h3-7,14H,2,8-12H2,1H3,(H,18,23)(H,19,21). The Morgan fingerprint density at radius 2 is 1.78 bits per heavy atom. The minimum Gasteiger partial charge on any atom is -0.352 e. The van der Waals surface area contributed by atoms with Gasteiger partial charge in [-0.2, -0.15) is 0 Å². The van der Waals surface area contributed by atoms with E-state index in [0.717, 1.165) is 12.8 Å². The van der Waals surface area contributed by atoms with Crippen molar-refractivity contribution in [1.29, 1.82) is 0 Å². The molecule has 0 aliphatic carbocycles. The van der Waals surface area contributed by atoms with Crippen LogP contribution in [-0.2, 0) is 9.59 Å². The number of carbonyl (C=O) groups excluding carboxylic acids is 3. The molecule has 1 aromatic carbocycles. The molecule has 1 aliphatic rings. The summed E-state index contributed by atoms with van der Waals surface area (Å²) in [5.41, 5.74) is 0.534. The molecule has 0 aromatic heterocycles. The van der Waals surface area contributed by atoms with Gasteiger partial charge in [-0.3, -0.25) is 14.4 Å². The van der Waals surface area contributed by atoms with Crippen LogP contribution in [0.15, 0.2) is 30.3 Å². The number of hydrogen-bond donors (Lipinski definition) is 2. The maximum atomic E-state index is 11.9. The maximum absolute atomic E-state index is 11.9. The number of carbonyl (C=O) groups is 3. The van der Waals surface area contributed by atoms with Gasteiger partial charge in [0, 0.05) is 31.1 Å². The number of rotatable bonds is 5. The number of nitrogens with zero attached hydrogens (tertiary/aromatic N) is 1. The van der Waals surface area contributed by atoms with Crippen molar-refractivity contribution >= 4 is 17.7 Å². The first kappa shape index (κ1) is 17.0.